The smallest absolute Gasteiger partial charge is 0.271 e. The Balaban J connectivity index is 2.49. The van der Waals surface area contributed by atoms with Gasteiger partial charge in [0.25, 0.3) is 0 Å². The van der Waals surface area contributed by atoms with E-state index in [-0.39, 0.29) is 5.56 Å². The lowest BCUT2D eigenvalue weighted by Gasteiger charge is -2.18. The first-order chi connectivity index (χ1) is 9.34. The zero-order valence-corrected chi connectivity index (χ0v) is 11.3. The number of hydrogen-bond acceptors (Lipinski definition) is 3. The number of nitrogens with one attached hydrogen (secondary N) is 1. The van der Waals surface area contributed by atoms with Gasteiger partial charge in [0.2, 0.25) is 0 Å². The Bertz CT molecular complexity index is 607. The summed E-state index contributed by atoms with van der Waals surface area (Å²) in [5, 5.41) is 1.82. The standard InChI is InChI=1S/C13H12F4N2S/c1-7-9(4-5-20-7)12(19-18)8-2-3-11(14)10(6-8)13(15,16)17/h2-6,12,19H,18H2,1H3. The van der Waals surface area contributed by atoms with Crippen molar-refractivity contribution in [2.24, 2.45) is 5.84 Å². The zero-order valence-electron chi connectivity index (χ0n) is 10.5. The summed E-state index contributed by atoms with van der Waals surface area (Å²) in [6.07, 6.45) is -4.73. The van der Waals surface area contributed by atoms with Gasteiger partial charge in [-0.3, -0.25) is 5.84 Å². The van der Waals surface area contributed by atoms with Crippen LogP contribution in [-0.2, 0) is 6.18 Å². The molecule has 0 aliphatic carbocycles. The first-order valence-electron chi connectivity index (χ1n) is 5.71. The predicted molar refractivity (Wildman–Crippen MR) is 69.6 cm³/mol. The van der Waals surface area contributed by atoms with Crippen LogP contribution in [0.3, 0.4) is 0 Å². The van der Waals surface area contributed by atoms with E-state index in [0.717, 1.165) is 22.6 Å². The fourth-order valence-corrected chi connectivity index (χ4v) is 2.74. The Hall–Kier alpha value is -1.44. The summed E-state index contributed by atoms with van der Waals surface area (Å²) in [6, 6.07) is 4.07. The fraction of sp³-hybridized carbons (Fsp3) is 0.231. The molecule has 1 unspecified atom stereocenters. The molecule has 2 aromatic rings. The second kappa shape index (κ2) is 5.51. The third kappa shape index (κ3) is 2.84. The van der Waals surface area contributed by atoms with Crippen molar-refractivity contribution in [3.05, 3.63) is 57.0 Å². The normalized spacial score (nSPS) is 13.5. The summed E-state index contributed by atoms with van der Waals surface area (Å²) in [5.41, 5.74) is 2.23. The van der Waals surface area contributed by atoms with Crippen LogP contribution in [0.4, 0.5) is 17.6 Å². The van der Waals surface area contributed by atoms with Crippen LogP contribution in [0, 0.1) is 12.7 Å². The number of halogens is 4. The molecule has 0 saturated heterocycles. The van der Waals surface area contributed by atoms with Crippen LogP contribution >= 0.6 is 11.3 Å². The van der Waals surface area contributed by atoms with Gasteiger partial charge in [0.15, 0.2) is 0 Å². The largest absolute Gasteiger partial charge is 0.419 e. The Labute approximate surface area is 117 Å². The van der Waals surface area contributed by atoms with Gasteiger partial charge < -0.3 is 0 Å². The highest BCUT2D eigenvalue weighted by atomic mass is 32.1. The molecule has 20 heavy (non-hydrogen) atoms. The quantitative estimate of drug-likeness (QED) is 0.515. The fourth-order valence-electron chi connectivity index (χ4n) is 2.00. The highest BCUT2D eigenvalue weighted by Crippen LogP contribution is 2.35. The molecular formula is C13H12F4N2S. The average Bonchev–Trinajstić information content (AvgIpc) is 2.77. The van der Waals surface area contributed by atoms with Crippen LogP contribution in [0.15, 0.2) is 29.6 Å². The molecule has 1 heterocycles. The van der Waals surface area contributed by atoms with E-state index in [1.165, 1.54) is 17.4 Å². The average molecular weight is 304 g/mol. The maximum Gasteiger partial charge on any atom is 0.419 e. The number of hydrazine groups is 1. The predicted octanol–water partition coefficient (Wildman–Crippen LogP) is 3.77. The van der Waals surface area contributed by atoms with Crippen molar-refractivity contribution in [3.63, 3.8) is 0 Å². The van der Waals surface area contributed by atoms with Crippen molar-refractivity contribution in [2.45, 2.75) is 19.1 Å². The topological polar surface area (TPSA) is 38.0 Å². The molecule has 2 rings (SSSR count). The lowest BCUT2D eigenvalue weighted by Crippen LogP contribution is -2.29. The van der Waals surface area contributed by atoms with Gasteiger partial charge in [-0.05, 0) is 41.6 Å². The number of hydrogen-bond donors (Lipinski definition) is 2. The monoisotopic (exact) mass is 304 g/mol. The Kier molecular flexibility index (Phi) is 4.12. The minimum absolute atomic E-state index is 0.266. The molecule has 0 aliphatic rings. The number of rotatable bonds is 3. The van der Waals surface area contributed by atoms with Gasteiger partial charge in [0.1, 0.15) is 5.82 Å². The number of benzene rings is 1. The lowest BCUT2D eigenvalue weighted by atomic mass is 9.98. The first kappa shape index (κ1) is 15.0. The minimum atomic E-state index is -4.73. The first-order valence-corrected chi connectivity index (χ1v) is 6.59. The van der Waals surface area contributed by atoms with E-state index < -0.39 is 23.6 Å². The summed E-state index contributed by atoms with van der Waals surface area (Å²) < 4.78 is 51.5. The molecule has 1 aromatic carbocycles. The van der Waals surface area contributed by atoms with Crippen molar-refractivity contribution in [2.75, 3.05) is 0 Å². The molecule has 0 spiro atoms. The van der Waals surface area contributed by atoms with E-state index in [1.54, 1.807) is 6.07 Å². The highest BCUT2D eigenvalue weighted by molar-refractivity contribution is 7.10. The van der Waals surface area contributed by atoms with Crippen LogP contribution in [0.2, 0.25) is 0 Å². The van der Waals surface area contributed by atoms with Crippen LogP contribution in [-0.4, -0.2) is 0 Å². The van der Waals surface area contributed by atoms with Gasteiger partial charge in [0.05, 0.1) is 11.6 Å². The Morgan fingerprint density at radius 2 is 1.95 bits per heavy atom. The van der Waals surface area contributed by atoms with Crippen molar-refractivity contribution >= 4 is 11.3 Å². The van der Waals surface area contributed by atoms with E-state index in [1.807, 2.05) is 12.3 Å². The van der Waals surface area contributed by atoms with E-state index >= 15 is 0 Å². The van der Waals surface area contributed by atoms with Crippen LogP contribution in [0.5, 0.6) is 0 Å². The molecule has 0 fully saturated rings. The van der Waals surface area contributed by atoms with Crippen molar-refractivity contribution in [3.8, 4) is 0 Å². The van der Waals surface area contributed by atoms with Gasteiger partial charge in [0, 0.05) is 4.88 Å². The van der Waals surface area contributed by atoms with E-state index in [9.17, 15) is 17.6 Å². The number of thiophene rings is 1. The third-order valence-electron chi connectivity index (χ3n) is 3.01. The number of aryl methyl sites for hydroxylation is 1. The molecule has 1 atom stereocenters. The summed E-state index contributed by atoms with van der Waals surface area (Å²) in [6.45, 7) is 1.85. The molecular weight excluding hydrogens is 292 g/mol. The van der Waals surface area contributed by atoms with Gasteiger partial charge >= 0.3 is 6.18 Å². The molecule has 0 amide bonds. The minimum Gasteiger partial charge on any atom is -0.271 e. The van der Waals surface area contributed by atoms with Gasteiger partial charge in [-0.15, -0.1) is 11.3 Å². The Morgan fingerprint density at radius 3 is 2.45 bits per heavy atom. The molecule has 108 valence electrons. The van der Waals surface area contributed by atoms with Crippen LogP contribution in [0.1, 0.15) is 27.6 Å². The molecule has 2 nitrogen and oxygen atoms in total. The van der Waals surface area contributed by atoms with E-state index in [0.29, 0.717) is 0 Å². The van der Waals surface area contributed by atoms with Crippen LogP contribution < -0.4 is 11.3 Å². The highest BCUT2D eigenvalue weighted by Gasteiger charge is 2.34. The van der Waals surface area contributed by atoms with Crippen molar-refractivity contribution in [1.29, 1.82) is 0 Å². The number of nitrogens with two attached hydrogens (primary N) is 1. The number of alkyl halides is 3. The summed E-state index contributed by atoms with van der Waals surface area (Å²) >= 11 is 1.46. The molecule has 3 N–H and O–H groups in total. The zero-order chi connectivity index (χ0) is 14.9. The molecule has 0 aliphatic heterocycles. The third-order valence-corrected chi connectivity index (χ3v) is 3.87. The summed E-state index contributed by atoms with van der Waals surface area (Å²) in [5.74, 6) is 4.15. The van der Waals surface area contributed by atoms with Gasteiger partial charge in [-0.2, -0.15) is 13.2 Å². The lowest BCUT2D eigenvalue weighted by molar-refractivity contribution is -0.140. The van der Waals surface area contributed by atoms with Crippen LogP contribution in [0.25, 0.3) is 0 Å². The second-order valence-corrected chi connectivity index (χ2v) is 5.39. The summed E-state index contributed by atoms with van der Waals surface area (Å²) in [7, 11) is 0. The van der Waals surface area contributed by atoms with Crippen molar-refractivity contribution in [1.82, 2.24) is 5.43 Å². The maximum atomic E-state index is 13.3. The maximum absolute atomic E-state index is 13.3. The van der Waals surface area contributed by atoms with Crippen molar-refractivity contribution < 1.29 is 17.6 Å². The van der Waals surface area contributed by atoms with Gasteiger partial charge in [-0.1, -0.05) is 6.07 Å². The van der Waals surface area contributed by atoms with E-state index in [2.05, 4.69) is 5.43 Å². The molecule has 1 aromatic heterocycles. The molecule has 0 saturated carbocycles. The molecule has 0 radical (unpaired) electrons. The van der Waals surface area contributed by atoms with E-state index in [4.69, 9.17) is 5.84 Å². The SMILES string of the molecule is Cc1sccc1C(NN)c1ccc(F)c(C(F)(F)F)c1. The van der Waals surface area contributed by atoms with Gasteiger partial charge in [-0.25, -0.2) is 9.82 Å². The molecule has 0 bridgehead atoms. The molecule has 7 heteroatoms. The Morgan fingerprint density at radius 1 is 1.25 bits per heavy atom. The second-order valence-electron chi connectivity index (χ2n) is 4.27. The summed E-state index contributed by atoms with van der Waals surface area (Å²) in [4.78, 5) is 0.936.